The second-order valence-corrected chi connectivity index (χ2v) is 8.88. The van der Waals surface area contributed by atoms with Crippen LogP contribution < -0.4 is 10.6 Å². The summed E-state index contributed by atoms with van der Waals surface area (Å²) in [6.45, 7) is 18.0. The Bertz CT molecular complexity index is 1120. The minimum atomic E-state index is 0.510. The molecule has 1 aliphatic rings. The third-order valence-electron chi connectivity index (χ3n) is 6.18. The lowest BCUT2D eigenvalue weighted by Crippen LogP contribution is -2.47. The molecular formula is C29H39N7. The van der Waals surface area contributed by atoms with Crippen LogP contribution >= 0.6 is 0 Å². The van der Waals surface area contributed by atoms with Crippen LogP contribution in [0.15, 0.2) is 75.2 Å². The lowest BCUT2D eigenvalue weighted by molar-refractivity contribution is 0.357. The summed E-state index contributed by atoms with van der Waals surface area (Å²) in [5, 5.41) is 6.80. The number of amidine groups is 1. The first-order valence-corrected chi connectivity index (χ1v) is 12.7. The summed E-state index contributed by atoms with van der Waals surface area (Å²) in [6, 6.07) is 8.20. The number of anilines is 1. The highest BCUT2D eigenvalue weighted by Gasteiger charge is 2.22. The van der Waals surface area contributed by atoms with Gasteiger partial charge in [0, 0.05) is 43.6 Å². The van der Waals surface area contributed by atoms with Crippen LogP contribution in [0.1, 0.15) is 43.4 Å². The van der Waals surface area contributed by atoms with Crippen molar-refractivity contribution in [2.75, 3.05) is 38.0 Å². The van der Waals surface area contributed by atoms with Gasteiger partial charge in [-0.25, -0.2) is 4.99 Å². The Balaban J connectivity index is 1.96. The van der Waals surface area contributed by atoms with Gasteiger partial charge >= 0.3 is 0 Å². The Morgan fingerprint density at radius 1 is 1.22 bits per heavy atom. The Morgan fingerprint density at radius 3 is 2.69 bits per heavy atom. The smallest absolute Gasteiger partial charge is 0.133 e. The average Bonchev–Trinajstić information content (AvgIpc) is 2.91. The van der Waals surface area contributed by atoms with E-state index in [1.165, 1.54) is 11.1 Å². The maximum atomic E-state index is 5.17. The van der Waals surface area contributed by atoms with E-state index < -0.39 is 0 Å². The van der Waals surface area contributed by atoms with Crippen LogP contribution in [0, 0.1) is 6.92 Å². The van der Waals surface area contributed by atoms with Gasteiger partial charge in [-0.15, -0.1) is 0 Å². The lowest BCUT2D eigenvalue weighted by Gasteiger charge is -2.32. The van der Waals surface area contributed by atoms with E-state index >= 15 is 0 Å². The molecule has 7 heteroatoms. The van der Waals surface area contributed by atoms with Crippen molar-refractivity contribution in [3.63, 3.8) is 0 Å². The molecule has 0 aliphatic carbocycles. The fraction of sp³-hybridized carbons (Fsp3) is 0.379. The molecule has 1 aromatic carbocycles. The number of benzene rings is 1. The van der Waals surface area contributed by atoms with Crippen molar-refractivity contribution >= 4 is 30.6 Å². The highest BCUT2D eigenvalue weighted by atomic mass is 15.2. The second-order valence-electron chi connectivity index (χ2n) is 8.88. The Kier molecular flexibility index (Phi) is 10.6. The molecule has 1 aromatic heterocycles. The first-order chi connectivity index (χ1) is 17.6. The summed E-state index contributed by atoms with van der Waals surface area (Å²) in [5.74, 6) is 1.65. The molecule has 0 spiro atoms. The third-order valence-corrected chi connectivity index (χ3v) is 6.18. The zero-order valence-corrected chi connectivity index (χ0v) is 21.9. The molecule has 1 aliphatic heterocycles. The molecule has 2 heterocycles. The number of aromatic nitrogens is 1. The molecule has 2 aromatic rings. The standard InChI is InChI=1S/C29H39N7/c1-6-8-11-24-20-33-21-26(30-4)28(24)29(36-15-13-32-14-16-36)34-19-23(7-2)18-27(31-5)35-25-12-9-10-22(3)17-25/h7,9-10,12,17-18,20-21,32,35H,4-6,8,11,13-16,19H2,1-3H3/b23-7+,27-18+,34-29?. The SMILES string of the molecule is C=N/C(=C\C(=C/C)CN=C(c1c(CCCC)cncc1N=C)N1CCNCC1)Nc1cccc(C)c1. The monoisotopic (exact) mass is 485 g/mol. The number of nitrogens with one attached hydrogen (secondary N) is 2. The van der Waals surface area contributed by atoms with Crippen LogP contribution in [-0.2, 0) is 6.42 Å². The van der Waals surface area contributed by atoms with Crippen LogP contribution in [0.3, 0.4) is 0 Å². The van der Waals surface area contributed by atoms with E-state index in [0.29, 0.717) is 12.4 Å². The molecule has 1 saturated heterocycles. The fourth-order valence-corrected chi connectivity index (χ4v) is 4.19. The molecule has 36 heavy (non-hydrogen) atoms. The van der Waals surface area contributed by atoms with Crippen molar-refractivity contribution in [2.45, 2.75) is 40.0 Å². The number of hydrogen-bond donors (Lipinski definition) is 2. The van der Waals surface area contributed by atoms with Gasteiger partial charge in [0.15, 0.2) is 0 Å². The number of allylic oxidation sites excluding steroid dienone is 1. The number of aryl methyl sites for hydroxylation is 2. The summed E-state index contributed by atoms with van der Waals surface area (Å²) in [5.41, 5.74) is 6.22. The van der Waals surface area contributed by atoms with Crippen molar-refractivity contribution in [1.29, 1.82) is 0 Å². The van der Waals surface area contributed by atoms with Crippen LogP contribution in [0.25, 0.3) is 0 Å². The van der Waals surface area contributed by atoms with Crippen LogP contribution in [0.2, 0.25) is 0 Å². The van der Waals surface area contributed by atoms with E-state index in [1.54, 1.807) is 6.20 Å². The Morgan fingerprint density at radius 2 is 2.03 bits per heavy atom. The summed E-state index contributed by atoms with van der Waals surface area (Å²) in [6.07, 6.45) is 11.0. The largest absolute Gasteiger partial charge is 0.354 e. The predicted octanol–water partition coefficient (Wildman–Crippen LogP) is 5.32. The van der Waals surface area contributed by atoms with Gasteiger partial charge in [-0.05, 0) is 75.0 Å². The third kappa shape index (κ3) is 7.46. The van der Waals surface area contributed by atoms with Crippen LogP contribution in [0.5, 0.6) is 0 Å². The molecular weight excluding hydrogens is 446 g/mol. The van der Waals surface area contributed by atoms with Crippen LogP contribution in [-0.4, -0.2) is 61.9 Å². The molecule has 0 atom stereocenters. The lowest BCUT2D eigenvalue weighted by atomic mass is 10.0. The molecule has 0 unspecified atom stereocenters. The molecule has 0 radical (unpaired) electrons. The number of unbranched alkanes of at least 4 members (excludes halogenated alkanes) is 1. The van der Waals surface area contributed by atoms with E-state index in [0.717, 1.165) is 73.8 Å². The average molecular weight is 486 g/mol. The molecule has 3 rings (SSSR count). The Labute approximate surface area is 215 Å². The molecule has 1 fully saturated rings. The van der Waals surface area contributed by atoms with Crippen molar-refractivity contribution in [3.05, 3.63) is 76.9 Å². The zero-order valence-electron chi connectivity index (χ0n) is 21.9. The first kappa shape index (κ1) is 27.0. The van der Waals surface area contributed by atoms with Gasteiger partial charge < -0.3 is 15.5 Å². The Hall–Kier alpha value is -3.58. The maximum Gasteiger partial charge on any atom is 0.133 e. The molecule has 2 N–H and O–H groups in total. The molecule has 0 saturated carbocycles. The highest BCUT2D eigenvalue weighted by molar-refractivity contribution is 6.04. The molecule has 0 bridgehead atoms. The first-order valence-electron chi connectivity index (χ1n) is 12.7. The highest BCUT2D eigenvalue weighted by Crippen LogP contribution is 2.26. The van der Waals surface area contributed by atoms with E-state index in [-0.39, 0.29) is 0 Å². The van der Waals surface area contributed by atoms with Gasteiger partial charge in [-0.3, -0.25) is 15.0 Å². The number of piperazine rings is 1. The summed E-state index contributed by atoms with van der Waals surface area (Å²) in [4.78, 5) is 20.5. The van der Waals surface area contributed by atoms with Crippen molar-refractivity contribution in [2.24, 2.45) is 15.0 Å². The topological polar surface area (TPSA) is 77.3 Å². The van der Waals surface area contributed by atoms with Gasteiger partial charge in [0.2, 0.25) is 0 Å². The van der Waals surface area contributed by atoms with Gasteiger partial charge in [0.1, 0.15) is 11.7 Å². The number of rotatable bonds is 11. The van der Waals surface area contributed by atoms with Crippen molar-refractivity contribution in [1.82, 2.24) is 15.2 Å². The maximum absolute atomic E-state index is 5.17. The van der Waals surface area contributed by atoms with Gasteiger partial charge in [0.05, 0.1) is 18.4 Å². The van der Waals surface area contributed by atoms with Crippen LogP contribution in [0.4, 0.5) is 11.4 Å². The van der Waals surface area contributed by atoms with E-state index in [4.69, 9.17) is 4.99 Å². The predicted molar refractivity (Wildman–Crippen MR) is 154 cm³/mol. The zero-order chi connectivity index (χ0) is 25.8. The fourth-order valence-electron chi connectivity index (χ4n) is 4.19. The van der Waals surface area contributed by atoms with Gasteiger partial charge in [-0.1, -0.05) is 31.6 Å². The van der Waals surface area contributed by atoms with E-state index in [2.05, 4.69) is 76.0 Å². The van der Waals surface area contributed by atoms with Crippen molar-refractivity contribution < 1.29 is 0 Å². The number of nitrogens with zero attached hydrogens (tertiary/aromatic N) is 5. The number of aliphatic imine (C=N–C) groups is 3. The minimum Gasteiger partial charge on any atom is -0.354 e. The summed E-state index contributed by atoms with van der Waals surface area (Å²) >= 11 is 0. The number of hydrogen-bond acceptors (Lipinski definition) is 6. The van der Waals surface area contributed by atoms with Gasteiger partial charge in [0.25, 0.3) is 0 Å². The minimum absolute atomic E-state index is 0.510. The molecule has 190 valence electrons. The summed E-state index contributed by atoms with van der Waals surface area (Å²) < 4.78 is 0. The molecule has 7 nitrogen and oxygen atoms in total. The van der Waals surface area contributed by atoms with Gasteiger partial charge in [-0.2, -0.15) is 0 Å². The van der Waals surface area contributed by atoms with E-state index in [9.17, 15) is 0 Å². The van der Waals surface area contributed by atoms with Crippen molar-refractivity contribution in [3.8, 4) is 0 Å². The second kappa shape index (κ2) is 14.1. The normalized spacial score (nSPS) is 15.1. The summed E-state index contributed by atoms with van der Waals surface area (Å²) in [7, 11) is 0. The van der Waals surface area contributed by atoms with E-state index in [1.807, 2.05) is 31.3 Å². The molecule has 0 amide bonds. The quantitative estimate of drug-likeness (QED) is 0.257. The number of pyridine rings is 1.